The summed E-state index contributed by atoms with van der Waals surface area (Å²) in [5.74, 6) is 0.0356. The normalized spacial score (nSPS) is 12.5. The molecule has 0 heterocycles. The Morgan fingerprint density at radius 3 is 2.77 bits per heavy atom. The lowest BCUT2D eigenvalue weighted by Gasteiger charge is -2.08. The molecule has 0 bridgehead atoms. The molecule has 0 fully saturated rings. The summed E-state index contributed by atoms with van der Waals surface area (Å²) < 4.78 is 0. The van der Waals surface area contributed by atoms with Crippen molar-refractivity contribution in [1.82, 2.24) is 5.32 Å². The minimum atomic E-state index is -0.403. The van der Waals surface area contributed by atoms with Crippen molar-refractivity contribution in [1.29, 1.82) is 0 Å². The van der Waals surface area contributed by atoms with E-state index in [-0.39, 0.29) is 5.91 Å². The Kier molecular flexibility index (Phi) is 8.45. The first kappa shape index (κ1) is 12.9. The van der Waals surface area contributed by atoms with Crippen LogP contribution in [0, 0.1) is 0 Å². The molecule has 78 valence electrons. The van der Waals surface area contributed by atoms with Gasteiger partial charge in [0.1, 0.15) is 0 Å². The summed E-state index contributed by atoms with van der Waals surface area (Å²) in [5.41, 5.74) is 0. The molecule has 2 N–H and O–H groups in total. The van der Waals surface area contributed by atoms with E-state index in [1.807, 2.05) is 6.92 Å². The van der Waals surface area contributed by atoms with E-state index >= 15 is 0 Å². The molecule has 0 aliphatic heterocycles. The number of carbonyl (C=O) groups is 1. The van der Waals surface area contributed by atoms with Crippen molar-refractivity contribution in [3.8, 4) is 0 Å². The van der Waals surface area contributed by atoms with Crippen LogP contribution in [-0.4, -0.2) is 29.0 Å². The number of amides is 1. The number of aliphatic hydroxyl groups excluding tert-OH is 1. The van der Waals surface area contributed by atoms with E-state index in [1.165, 1.54) is 0 Å². The van der Waals surface area contributed by atoms with E-state index in [0.717, 1.165) is 18.2 Å². The van der Waals surface area contributed by atoms with Gasteiger partial charge in [-0.15, -0.1) is 0 Å². The average Bonchev–Trinajstić information content (AvgIpc) is 2.14. The summed E-state index contributed by atoms with van der Waals surface area (Å²) in [6, 6.07) is 0. The Bertz CT molecular complexity index is 142. The molecule has 0 aliphatic rings. The SMILES string of the molecule is CCC(O)CNC(=O)CCCCBr. The Morgan fingerprint density at radius 1 is 1.54 bits per heavy atom. The van der Waals surface area contributed by atoms with Crippen molar-refractivity contribution in [3.63, 3.8) is 0 Å². The molecule has 1 amide bonds. The number of hydrogen-bond acceptors (Lipinski definition) is 2. The molecule has 0 rings (SSSR count). The number of unbranched alkanes of at least 4 members (excludes halogenated alkanes) is 1. The third-order valence-electron chi connectivity index (χ3n) is 1.79. The fourth-order valence-electron chi connectivity index (χ4n) is 0.844. The van der Waals surface area contributed by atoms with Gasteiger partial charge in [-0.1, -0.05) is 22.9 Å². The lowest BCUT2D eigenvalue weighted by atomic mass is 10.2. The largest absolute Gasteiger partial charge is 0.391 e. The van der Waals surface area contributed by atoms with Gasteiger partial charge in [0, 0.05) is 18.3 Å². The van der Waals surface area contributed by atoms with E-state index in [0.29, 0.717) is 19.4 Å². The number of rotatable bonds is 7. The predicted octanol–water partition coefficient (Wildman–Crippen LogP) is 1.44. The second-order valence-electron chi connectivity index (χ2n) is 3.01. The van der Waals surface area contributed by atoms with Crippen LogP contribution in [0.2, 0.25) is 0 Å². The van der Waals surface area contributed by atoms with Gasteiger partial charge in [-0.05, 0) is 19.3 Å². The number of carbonyl (C=O) groups excluding carboxylic acids is 1. The summed E-state index contributed by atoms with van der Waals surface area (Å²) in [6.45, 7) is 2.27. The molecule has 3 nitrogen and oxygen atoms in total. The first-order valence-electron chi connectivity index (χ1n) is 4.71. The van der Waals surface area contributed by atoms with Crippen LogP contribution in [-0.2, 0) is 4.79 Å². The lowest BCUT2D eigenvalue weighted by molar-refractivity contribution is -0.121. The molecule has 0 aromatic carbocycles. The predicted molar refractivity (Wildman–Crippen MR) is 57.0 cm³/mol. The van der Waals surface area contributed by atoms with E-state index in [4.69, 9.17) is 5.11 Å². The van der Waals surface area contributed by atoms with Crippen LogP contribution >= 0.6 is 15.9 Å². The molecule has 4 heteroatoms. The van der Waals surface area contributed by atoms with E-state index in [1.54, 1.807) is 0 Å². The molecular weight excluding hydrogens is 234 g/mol. The summed E-state index contributed by atoms with van der Waals surface area (Å²) in [5, 5.41) is 12.8. The first-order chi connectivity index (χ1) is 6.20. The fraction of sp³-hybridized carbons (Fsp3) is 0.889. The molecule has 0 saturated heterocycles. The third kappa shape index (κ3) is 8.25. The molecule has 0 saturated carbocycles. The number of hydrogen-bond donors (Lipinski definition) is 2. The van der Waals surface area contributed by atoms with E-state index in [9.17, 15) is 4.79 Å². The first-order valence-corrected chi connectivity index (χ1v) is 5.83. The molecular formula is C9H18BrNO2. The molecule has 0 radical (unpaired) electrons. The van der Waals surface area contributed by atoms with Gasteiger partial charge in [-0.2, -0.15) is 0 Å². The Hall–Kier alpha value is -0.0900. The van der Waals surface area contributed by atoms with Crippen LogP contribution in [0.1, 0.15) is 32.6 Å². The molecule has 0 aromatic rings. The van der Waals surface area contributed by atoms with Crippen molar-refractivity contribution in [2.24, 2.45) is 0 Å². The summed E-state index contributed by atoms with van der Waals surface area (Å²) in [7, 11) is 0. The summed E-state index contributed by atoms with van der Waals surface area (Å²) in [6.07, 6.45) is 2.76. The smallest absolute Gasteiger partial charge is 0.220 e. The number of alkyl halides is 1. The minimum Gasteiger partial charge on any atom is -0.391 e. The monoisotopic (exact) mass is 251 g/mol. The molecule has 0 aliphatic carbocycles. The second-order valence-corrected chi connectivity index (χ2v) is 3.81. The van der Waals surface area contributed by atoms with E-state index < -0.39 is 6.10 Å². The third-order valence-corrected chi connectivity index (χ3v) is 2.35. The number of aliphatic hydroxyl groups is 1. The molecule has 13 heavy (non-hydrogen) atoms. The highest BCUT2D eigenvalue weighted by Crippen LogP contribution is 1.98. The van der Waals surface area contributed by atoms with Crippen molar-refractivity contribution in [2.75, 3.05) is 11.9 Å². The van der Waals surface area contributed by atoms with Crippen LogP contribution in [0.25, 0.3) is 0 Å². The standard InChI is InChI=1S/C9H18BrNO2/c1-2-8(12)7-11-9(13)5-3-4-6-10/h8,12H,2-7H2,1H3,(H,11,13). The molecule has 0 spiro atoms. The quantitative estimate of drug-likeness (QED) is 0.532. The van der Waals surface area contributed by atoms with Gasteiger partial charge in [0.2, 0.25) is 5.91 Å². The molecule has 1 atom stereocenters. The average molecular weight is 252 g/mol. The summed E-state index contributed by atoms with van der Waals surface area (Å²) in [4.78, 5) is 11.1. The van der Waals surface area contributed by atoms with Gasteiger partial charge in [-0.3, -0.25) is 4.79 Å². The zero-order chi connectivity index (χ0) is 10.1. The maximum atomic E-state index is 11.1. The Balaban J connectivity index is 3.30. The van der Waals surface area contributed by atoms with Crippen LogP contribution in [0.4, 0.5) is 0 Å². The van der Waals surface area contributed by atoms with Crippen LogP contribution in [0.3, 0.4) is 0 Å². The van der Waals surface area contributed by atoms with Crippen LogP contribution < -0.4 is 5.32 Å². The van der Waals surface area contributed by atoms with E-state index in [2.05, 4.69) is 21.2 Å². The van der Waals surface area contributed by atoms with Crippen LogP contribution in [0.15, 0.2) is 0 Å². The van der Waals surface area contributed by atoms with Gasteiger partial charge in [0.25, 0.3) is 0 Å². The van der Waals surface area contributed by atoms with Crippen molar-refractivity contribution >= 4 is 21.8 Å². The van der Waals surface area contributed by atoms with Crippen molar-refractivity contribution in [3.05, 3.63) is 0 Å². The van der Waals surface area contributed by atoms with Gasteiger partial charge < -0.3 is 10.4 Å². The minimum absolute atomic E-state index is 0.0356. The van der Waals surface area contributed by atoms with Crippen LogP contribution in [0.5, 0.6) is 0 Å². The fourth-order valence-corrected chi connectivity index (χ4v) is 1.24. The lowest BCUT2D eigenvalue weighted by Crippen LogP contribution is -2.31. The highest BCUT2D eigenvalue weighted by atomic mass is 79.9. The maximum absolute atomic E-state index is 11.1. The highest BCUT2D eigenvalue weighted by Gasteiger charge is 2.03. The molecule has 1 unspecified atom stereocenters. The zero-order valence-corrected chi connectivity index (χ0v) is 9.64. The summed E-state index contributed by atoms with van der Waals surface area (Å²) >= 11 is 3.30. The van der Waals surface area contributed by atoms with Crippen molar-refractivity contribution < 1.29 is 9.90 Å². The van der Waals surface area contributed by atoms with Crippen molar-refractivity contribution in [2.45, 2.75) is 38.7 Å². The number of nitrogens with one attached hydrogen (secondary N) is 1. The van der Waals surface area contributed by atoms with Gasteiger partial charge in [-0.25, -0.2) is 0 Å². The van der Waals surface area contributed by atoms with Gasteiger partial charge in [0.15, 0.2) is 0 Å². The Morgan fingerprint density at radius 2 is 2.23 bits per heavy atom. The van der Waals surface area contributed by atoms with Gasteiger partial charge in [0.05, 0.1) is 6.10 Å². The zero-order valence-electron chi connectivity index (χ0n) is 8.05. The maximum Gasteiger partial charge on any atom is 0.220 e. The topological polar surface area (TPSA) is 49.3 Å². The number of halogens is 1. The second kappa shape index (κ2) is 8.51. The molecule has 0 aromatic heterocycles. The Labute approximate surface area is 88.0 Å². The van der Waals surface area contributed by atoms with Gasteiger partial charge >= 0.3 is 0 Å². The highest BCUT2D eigenvalue weighted by molar-refractivity contribution is 9.09.